The number of ether oxygens (including phenoxy) is 1. The molecule has 0 fully saturated rings. The second-order valence-electron chi connectivity index (χ2n) is 4.44. The van der Waals surface area contributed by atoms with Gasteiger partial charge in [-0.1, -0.05) is 29.8 Å². The lowest BCUT2D eigenvalue weighted by molar-refractivity contribution is 0.0697. The third kappa shape index (κ3) is 4.68. The lowest BCUT2D eigenvalue weighted by atomic mass is 10.2. The van der Waals surface area contributed by atoms with Gasteiger partial charge in [-0.05, 0) is 36.8 Å². The molecule has 0 saturated carbocycles. The van der Waals surface area contributed by atoms with E-state index < -0.39 is 5.97 Å². The van der Waals surface area contributed by atoms with Gasteiger partial charge in [0.25, 0.3) is 0 Å². The zero-order chi connectivity index (χ0) is 15.1. The first-order valence-corrected chi connectivity index (χ1v) is 6.99. The van der Waals surface area contributed by atoms with E-state index in [0.717, 1.165) is 24.4 Å². The van der Waals surface area contributed by atoms with Crippen molar-refractivity contribution in [3.8, 4) is 5.75 Å². The van der Waals surface area contributed by atoms with Crippen LogP contribution >= 0.6 is 11.6 Å². The Morgan fingerprint density at radius 1 is 1.19 bits per heavy atom. The third-order valence-electron chi connectivity index (χ3n) is 2.86. The van der Waals surface area contributed by atoms with E-state index in [1.807, 2.05) is 30.3 Å². The quantitative estimate of drug-likeness (QED) is 0.761. The van der Waals surface area contributed by atoms with Crippen LogP contribution in [-0.4, -0.2) is 24.2 Å². The maximum Gasteiger partial charge on any atom is 0.337 e. The second-order valence-corrected chi connectivity index (χ2v) is 4.85. The average molecular weight is 306 g/mol. The van der Waals surface area contributed by atoms with Gasteiger partial charge in [-0.15, -0.1) is 0 Å². The summed E-state index contributed by atoms with van der Waals surface area (Å²) in [5.74, 6) is -0.172. The van der Waals surface area contributed by atoms with Gasteiger partial charge in [-0.3, -0.25) is 0 Å². The first-order valence-electron chi connectivity index (χ1n) is 6.61. The average Bonchev–Trinajstić information content (AvgIpc) is 2.47. The summed E-state index contributed by atoms with van der Waals surface area (Å²) in [6, 6.07) is 14.4. The molecule has 0 aliphatic carbocycles. The minimum atomic E-state index is -1.03. The molecule has 0 saturated heterocycles. The number of nitrogens with one attached hydrogen (secondary N) is 1. The Kier molecular flexibility index (Phi) is 5.46. The largest absolute Gasteiger partial charge is 0.494 e. The lowest BCUT2D eigenvalue weighted by Crippen LogP contribution is -2.07. The summed E-state index contributed by atoms with van der Waals surface area (Å²) < 4.78 is 5.57. The predicted octanol–water partition coefficient (Wildman–Crippen LogP) is 3.92. The van der Waals surface area contributed by atoms with Crippen molar-refractivity contribution in [2.24, 2.45) is 0 Å². The van der Waals surface area contributed by atoms with E-state index in [1.165, 1.54) is 6.07 Å². The SMILES string of the molecule is O=C(O)c1ccc(NCCCOc2ccccc2)cc1Cl. The highest BCUT2D eigenvalue weighted by atomic mass is 35.5. The van der Waals surface area contributed by atoms with Crippen LogP contribution in [0.4, 0.5) is 5.69 Å². The van der Waals surface area contributed by atoms with E-state index in [0.29, 0.717) is 6.61 Å². The Labute approximate surface area is 128 Å². The number of halogens is 1. The van der Waals surface area contributed by atoms with Gasteiger partial charge >= 0.3 is 5.97 Å². The van der Waals surface area contributed by atoms with E-state index in [2.05, 4.69) is 5.32 Å². The van der Waals surface area contributed by atoms with Crippen molar-refractivity contribution < 1.29 is 14.6 Å². The molecule has 2 aromatic carbocycles. The van der Waals surface area contributed by atoms with Crippen molar-refractivity contribution in [1.29, 1.82) is 0 Å². The number of anilines is 1. The minimum absolute atomic E-state index is 0.106. The van der Waals surface area contributed by atoms with Crippen LogP contribution in [0.2, 0.25) is 5.02 Å². The van der Waals surface area contributed by atoms with Gasteiger partial charge in [0, 0.05) is 12.2 Å². The molecule has 0 bridgehead atoms. The van der Waals surface area contributed by atoms with Gasteiger partial charge in [0.15, 0.2) is 0 Å². The first kappa shape index (κ1) is 15.2. The fourth-order valence-corrected chi connectivity index (χ4v) is 2.07. The number of para-hydroxylation sites is 1. The van der Waals surface area contributed by atoms with Crippen molar-refractivity contribution in [3.05, 3.63) is 59.1 Å². The smallest absolute Gasteiger partial charge is 0.337 e. The number of carbonyl (C=O) groups is 1. The van der Waals surface area contributed by atoms with Crippen LogP contribution < -0.4 is 10.1 Å². The van der Waals surface area contributed by atoms with E-state index in [4.69, 9.17) is 21.4 Å². The topological polar surface area (TPSA) is 58.6 Å². The molecule has 0 unspecified atom stereocenters. The number of benzene rings is 2. The van der Waals surface area contributed by atoms with Crippen LogP contribution in [0.3, 0.4) is 0 Å². The van der Waals surface area contributed by atoms with Crippen LogP contribution in [0, 0.1) is 0 Å². The molecule has 0 aliphatic heterocycles. The van der Waals surface area contributed by atoms with Gasteiger partial charge < -0.3 is 15.2 Å². The second kappa shape index (κ2) is 7.55. The summed E-state index contributed by atoms with van der Waals surface area (Å²) in [7, 11) is 0. The van der Waals surface area contributed by atoms with E-state index >= 15 is 0 Å². The highest BCUT2D eigenvalue weighted by molar-refractivity contribution is 6.33. The molecule has 2 aromatic rings. The van der Waals surface area contributed by atoms with Crippen LogP contribution in [0.25, 0.3) is 0 Å². The van der Waals surface area contributed by atoms with Crippen molar-refractivity contribution in [2.45, 2.75) is 6.42 Å². The van der Waals surface area contributed by atoms with Crippen LogP contribution in [-0.2, 0) is 0 Å². The Morgan fingerprint density at radius 3 is 2.62 bits per heavy atom. The van der Waals surface area contributed by atoms with E-state index in [9.17, 15) is 4.79 Å². The summed E-state index contributed by atoms with van der Waals surface area (Å²) >= 11 is 5.90. The summed E-state index contributed by atoms with van der Waals surface area (Å²) in [4.78, 5) is 10.8. The number of hydrogen-bond acceptors (Lipinski definition) is 3. The Morgan fingerprint density at radius 2 is 1.95 bits per heavy atom. The molecular formula is C16H16ClNO3. The van der Waals surface area contributed by atoms with Crippen molar-refractivity contribution in [2.75, 3.05) is 18.5 Å². The fourth-order valence-electron chi connectivity index (χ4n) is 1.81. The zero-order valence-electron chi connectivity index (χ0n) is 11.4. The maximum atomic E-state index is 10.8. The Bertz CT molecular complexity index is 602. The molecule has 2 rings (SSSR count). The number of carboxylic acid groups (broad SMARTS) is 1. The maximum absolute atomic E-state index is 10.8. The minimum Gasteiger partial charge on any atom is -0.494 e. The normalized spacial score (nSPS) is 10.1. The predicted molar refractivity (Wildman–Crippen MR) is 83.5 cm³/mol. The number of carboxylic acids is 1. The molecule has 2 N–H and O–H groups in total. The van der Waals surface area contributed by atoms with Crippen LogP contribution in [0.15, 0.2) is 48.5 Å². The fraction of sp³-hybridized carbons (Fsp3) is 0.188. The molecule has 21 heavy (non-hydrogen) atoms. The van der Waals surface area contributed by atoms with Crippen molar-refractivity contribution in [3.63, 3.8) is 0 Å². The van der Waals surface area contributed by atoms with Gasteiger partial charge in [-0.25, -0.2) is 4.79 Å². The monoisotopic (exact) mass is 305 g/mol. The third-order valence-corrected chi connectivity index (χ3v) is 3.17. The molecule has 5 heteroatoms. The highest BCUT2D eigenvalue weighted by Gasteiger charge is 2.08. The van der Waals surface area contributed by atoms with Crippen molar-refractivity contribution in [1.82, 2.24) is 0 Å². The van der Waals surface area contributed by atoms with Crippen LogP contribution in [0.5, 0.6) is 5.75 Å². The van der Waals surface area contributed by atoms with E-state index in [1.54, 1.807) is 12.1 Å². The van der Waals surface area contributed by atoms with Crippen LogP contribution in [0.1, 0.15) is 16.8 Å². The number of aromatic carboxylic acids is 1. The summed E-state index contributed by atoms with van der Waals surface area (Å²) in [6.45, 7) is 1.33. The standard InChI is InChI=1S/C16H16ClNO3/c17-15-11-12(7-8-14(15)16(19)20)18-9-4-10-21-13-5-2-1-3-6-13/h1-3,5-8,11,18H,4,9-10H2,(H,19,20). The van der Waals surface area contributed by atoms with Gasteiger partial charge in [-0.2, -0.15) is 0 Å². The molecule has 0 heterocycles. The molecule has 0 amide bonds. The number of rotatable bonds is 7. The van der Waals surface area contributed by atoms with Gasteiger partial charge in [0.1, 0.15) is 5.75 Å². The molecule has 0 spiro atoms. The molecular weight excluding hydrogens is 290 g/mol. The molecule has 110 valence electrons. The molecule has 0 atom stereocenters. The summed E-state index contributed by atoms with van der Waals surface area (Å²) in [5, 5.41) is 12.3. The molecule has 0 aliphatic rings. The molecule has 4 nitrogen and oxygen atoms in total. The van der Waals surface area contributed by atoms with Gasteiger partial charge in [0.2, 0.25) is 0 Å². The molecule has 0 radical (unpaired) electrons. The Hall–Kier alpha value is -2.20. The summed E-state index contributed by atoms with van der Waals surface area (Å²) in [6.07, 6.45) is 0.827. The zero-order valence-corrected chi connectivity index (χ0v) is 12.1. The Balaban J connectivity index is 1.74. The number of hydrogen-bond donors (Lipinski definition) is 2. The first-order chi connectivity index (χ1) is 10.2. The van der Waals surface area contributed by atoms with Crippen molar-refractivity contribution >= 4 is 23.3 Å². The summed E-state index contributed by atoms with van der Waals surface area (Å²) in [5.41, 5.74) is 0.902. The lowest BCUT2D eigenvalue weighted by Gasteiger charge is -2.09. The highest BCUT2D eigenvalue weighted by Crippen LogP contribution is 2.21. The van der Waals surface area contributed by atoms with E-state index in [-0.39, 0.29) is 10.6 Å². The van der Waals surface area contributed by atoms with Gasteiger partial charge in [0.05, 0.1) is 17.2 Å². The molecule has 0 aromatic heterocycles.